The molecule has 0 aromatic carbocycles. The SMILES string of the molecule is CCC(CC)CC=NC. The Morgan fingerprint density at radius 1 is 1.33 bits per heavy atom. The van der Waals surface area contributed by atoms with Crippen molar-refractivity contribution in [3.05, 3.63) is 0 Å². The Morgan fingerprint density at radius 3 is 2.22 bits per heavy atom. The molecule has 9 heavy (non-hydrogen) atoms. The Bertz CT molecular complexity index is 72.6. The number of nitrogens with zero attached hydrogens (tertiary/aromatic N) is 1. The third-order valence-electron chi connectivity index (χ3n) is 1.78. The van der Waals surface area contributed by atoms with Crippen molar-refractivity contribution in [2.24, 2.45) is 10.9 Å². The first-order valence-corrected chi connectivity index (χ1v) is 3.75. The Balaban J connectivity index is 3.31. The van der Waals surface area contributed by atoms with Gasteiger partial charge in [-0.1, -0.05) is 26.7 Å². The van der Waals surface area contributed by atoms with E-state index in [1.54, 1.807) is 0 Å². The summed E-state index contributed by atoms with van der Waals surface area (Å²) in [5.74, 6) is 0.855. The van der Waals surface area contributed by atoms with Gasteiger partial charge in [0.1, 0.15) is 0 Å². The number of hydrogen-bond acceptors (Lipinski definition) is 1. The lowest BCUT2D eigenvalue weighted by molar-refractivity contribution is 0.516. The van der Waals surface area contributed by atoms with Crippen LogP contribution in [0.15, 0.2) is 4.99 Å². The fourth-order valence-corrected chi connectivity index (χ4v) is 0.876. The van der Waals surface area contributed by atoms with Gasteiger partial charge in [-0.3, -0.25) is 0 Å². The minimum absolute atomic E-state index is 0.855. The van der Waals surface area contributed by atoms with E-state index >= 15 is 0 Å². The van der Waals surface area contributed by atoms with Crippen molar-refractivity contribution in [3.63, 3.8) is 0 Å². The van der Waals surface area contributed by atoms with E-state index in [0.717, 1.165) is 12.3 Å². The Hall–Kier alpha value is -0.330. The van der Waals surface area contributed by atoms with Crippen LogP contribution in [-0.4, -0.2) is 13.3 Å². The molecule has 0 atom stereocenters. The molecule has 1 nitrogen and oxygen atoms in total. The smallest absolute Gasteiger partial charge is 0.0273 e. The molecule has 0 heterocycles. The van der Waals surface area contributed by atoms with Crippen molar-refractivity contribution in [2.45, 2.75) is 33.1 Å². The molecule has 0 saturated carbocycles. The number of aliphatic imine (C=N–C) groups is 1. The molecule has 0 N–H and O–H groups in total. The van der Waals surface area contributed by atoms with E-state index in [4.69, 9.17) is 0 Å². The normalized spacial score (nSPS) is 11.6. The number of hydrogen-bond donors (Lipinski definition) is 0. The summed E-state index contributed by atoms with van der Waals surface area (Å²) in [6.45, 7) is 4.47. The van der Waals surface area contributed by atoms with Gasteiger partial charge in [0.2, 0.25) is 0 Å². The molecule has 0 amide bonds. The van der Waals surface area contributed by atoms with Crippen LogP contribution < -0.4 is 0 Å². The third kappa shape index (κ3) is 4.19. The fraction of sp³-hybridized carbons (Fsp3) is 0.875. The van der Waals surface area contributed by atoms with Gasteiger partial charge in [0, 0.05) is 7.05 Å². The highest BCUT2D eigenvalue weighted by molar-refractivity contribution is 5.57. The van der Waals surface area contributed by atoms with Crippen LogP contribution in [0.2, 0.25) is 0 Å². The summed E-state index contributed by atoms with van der Waals surface area (Å²) in [7, 11) is 1.84. The van der Waals surface area contributed by atoms with Crippen molar-refractivity contribution in [3.8, 4) is 0 Å². The van der Waals surface area contributed by atoms with E-state index in [1.165, 1.54) is 12.8 Å². The summed E-state index contributed by atoms with van der Waals surface area (Å²) in [4.78, 5) is 3.95. The van der Waals surface area contributed by atoms with E-state index < -0.39 is 0 Å². The maximum Gasteiger partial charge on any atom is 0.0273 e. The first-order chi connectivity index (χ1) is 4.35. The van der Waals surface area contributed by atoms with Crippen molar-refractivity contribution in [1.82, 2.24) is 0 Å². The Morgan fingerprint density at radius 2 is 1.89 bits per heavy atom. The van der Waals surface area contributed by atoms with Gasteiger partial charge in [-0.15, -0.1) is 0 Å². The first kappa shape index (κ1) is 8.67. The van der Waals surface area contributed by atoms with E-state index in [0.29, 0.717) is 0 Å². The first-order valence-electron chi connectivity index (χ1n) is 3.75. The van der Waals surface area contributed by atoms with Crippen LogP contribution in [0.5, 0.6) is 0 Å². The van der Waals surface area contributed by atoms with Crippen LogP contribution in [0.1, 0.15) is 33.1 Å². The quantitative estimate of drug-likeness (QED) is 0.514. The average Bonchev–Trinajstić information content (AvgIpc) is 1.91. The second kappa shape index (κ2) is 5.80. The van der Waals surface area contributed by atoms with Crippen molar-refractivity contribution in [1.29, 1.82) is 0 Å². The van der Waals surface area contributed by atoms with Crippen LogP contribution in [0, 0.1) is 5.92 Å². The summed E-state index contributed by atoms with van der Waals surface area (Å²) in [6.07, 6.45) is 5.73. The van der Waals surface area contributed by atoms with Gasteiger partial charge in [0.15, 0.2) is 0 Å². The third-order valence-corrected chi connectivity index (χ3v) is 1.78. The zero-order valence-corrected chi connectivity index (χ0v) is 6.72. The van der Waals surface area contributed by atoms with Crippen molar-refractivity contribution >= 4 is 6.21 Å². The predicted molar refractivity (Wildman–Crippen MR) is 43.1 cm³/mol. The average molecular weight is 127 g/mol. The standard InChI is InChI=1S/C8H17N/c1-4-8(5-2)6-7-9-3/h7-8H,4-6H2,1-3H3. The van der Waals surface area contributed by atoms with Gasteiger partial charge in [0.25, 0.3) is 0 Å². The molecule has 0 rings (SSSR count). The van der Waals surface area contributed by atoms with Crippen LogP contribution in [-0.2, 0) is 0 Å². The summed E-state index contributed by atoms with van der Waals surface area (Å²) in [6, 6.07) is 0. The van der Waals surface area contributed by atoms with E-state index in [9.17, 15) is 0 Å². The highest BCUT2D eigenvalue weighted by Crippen LogP contribution is 2.09. The molecule has 0 aliphatic carbocycles. The predicted octanol–water partition coefficient (Wildman–Crippen LogP) is 2.51. The molecule has 0 fully saturated rings. The molecule has 0 spiro atoms. The summed E-state index contributed by atoms with van der Waals surface area (Å²) < 4.78 is 0. The Labute approximate surface area is 58.2 Å². The van der Waals surface area contributed by atoms with Gasteiger partial charge in [-0.05, 0) is 18.6 Å². The lowest BCUT2D eigenvalue weighted by Gasteiger charge is -2.06. The fourth-order valence-electron chi connectivity index (χ4n) is 0.876. The molecule has 0 aliphatic rings. The van der Waals surface area contributed by atoms with Crippen LogP contribution >= 0.6 is 0 Å². The molecular formula is C8H17N. The van der Waals surface area contributed by atoms with Gasteiger partial charge >= 0.3 is 0 Å². The van der Waals surface area contributed by atoms with E-state index in [1.807, 2.05) is 13.3 Å². The van der Waals surface area contributed by atoms with Gasteiger partial charge < -0.3 is 4.99 Å². The molecule has 0 bridgehead atoms. The zero-order valence-electron chi connectivity index (χ0n) is 6.72. The van der Waals surface area contributed by atoms with E-state index in [2.05, 4.69) is 18.8 Å². The summed E-state index contributed by atoms with van der Waals surface area (Å²) in [5, 5.41) is 0. The molecule has 0 saturated heterocycles. The largest absolute Gasteiger partial charge is 0.301 e. The molecule has 0 aliphatic heterocycles. The zero-order chi connectivity index (χ0) is 7.11. The molecule has 0 radical (unpaired) electrons. The summed E-state index contributed by atoms with van der Waals surface area (Å²) >= 11 is 0. The minimum atomic E-state index is 0.855. The molecule has 0 aromatic rings. The second-order valence-corrected chi connectivity index (χ2v) is 2.36. The lowest BCUT2D eigenvalue weighted by Crippen LogP contribution is -1.96. The molecule has 0 unspecified atom stereocenters. The molecule has 1 heteroatoms. The monoisotopic (exact) mass is 127 g/mol. The van der Waals surface area contributed by atoms with Crippen molar-refractivity contribution < 1.29 is 0 Å². The van der Waals surface area contributed by atoms with Crippen LogP contribution in [0.4, 0.5) is 0 Å². The second-order valence-electron chi connectivity index (χ2n) is 2.36. The van der Waals surface area contributed by atoms with Crippen LogP contribution in [0.3, 0.4) is 0 Å². The Kier molecular flexibility index (Phi) is 5.59. The van der Waals surface area contributed by atoms with Crippen LogP contribution in [0.25, 0.3) is 0 Å². The van der Waals surface area contributed by atoms with Gasteiger partial charge in [-0.2, -0.15) is 0 Å². The number of rotatable bonds is 4. The summed E-state index contributed by atoms with van der Waals surface area (Å²) in [5.41, 5.74) is 0. The highest BCUT2D eigenvalue weighted by atomic mass is 14.6. The highest BCUT2D eigenvalue weighted by Gasteiger charge is 1.98. The van der Waals surface area contributed by atoms with Gasteiger partial charge in [-0.25, -0.2) is 0 Å². The molecule has 54 valence electrons. The van der Waals surface area contributed by atoms with Gasteiger partial charge in [0.05, 0.1) is 0 Å². The molecule has 0 aromatic heterocycles. The lowest BCUT2D eigenvalue weighted by atomic mass is 10.0. The minimum Gasteiger partial charge on any atom is -0.301 e. The van der Waals surface area contributed by atoms with Crippen molar-refractivity contribution in [2.75, 3.05) is 7.05 Å². The van der Waals surface area contributed by atoms with E-state index in [-0.39, 0.29) is 0 Å². The molecular weight excluding hydrogens is 110 g/mol. The topological polar surface area (TPSA) is 12.4 Å². The maximum atomic E-state index is 3.95. The maximum absolute atomic E-state index is 3.95.